The fourth-order valence-corrected chi connectivity index (χ4v) is 1.75. The van der Waals surface area contributed by atoms with Crippen LogP contribution < -0.4 is 5.32 Å². The number of hydrogen-bond donors (Lipinski definition) is 1. The number of amides is 1. The quantitative estimate of drug-likeness (QED) is 0.847. The largest absolute Gasteiger partial charge is 0.376 e. The molecule has 1 heterocycles. The molecule has 1 aromatic rings. The number of carbonyl (C=O) groups is 1. The van der Waals surface area contributed by atoms with Gasteiger partial charge in [0.1, 0.15) is 5.82 Å². The topological polar surface area (TPSA) is 38.3 Å². The standard InChI is InChI=1S/C12H14FNO2/c13-11-6-2-1-5-10(11)12(15)14-8-9-4-3-7-16-9/h1-2,5-6,9H,3-4,7-8H2,(H,14,15). The van der Waals surface area contributed by atoms with Crippen LogP contribution in [0.25, 0.3) is 0 Å². The number of rotatable bonds is 3. The van der Waals surface area contributed by atoms with E-state index in [2.05, 4.69) is 5.32 Å². The summed E-state index contributed by atoms with van der Waals surface area (Å²) >= 11 is 0. The Kier molecular flexibility index (Phi) is 3.51. The number of benzene rings is 1. The van der Waals surface area contributed by atoms with Gasteiger partial charge in [0.15, 0.2) is 0 Å². The molecule has 4 heteroatoms. The maximum Gasteiger partial charge on any atom is 0.254 e. The van der Waals surface area contributed by atoms with Crippen LogP contribution in [0.4, 0.5) is 4.39 Å². The summed E-state index contributed by atoms with van der Waals surface area (Å²) in [7, 11) is 0. The summed E-state index contributed by atoms with van der Waals surface area (Å²) in [5.74, 6) is -0.874. The number of hydrogen-bond acceptors (Lipinski definition) is 2. The van der Waals surface area contributed by atoms with Gasteiger partial charge < -0.3 is 10.1 Å². The van der Waals surface area contributed by atoms with Gasteiger partial charge in [-0.3, -0.25) is 4.79 Å². The lowest BCUT2D eigenvalue weighted by molar-refractivity contribution is 0.0854. The van der Waals surface area contributed by atoms with Crippen molar-refractivity contribution in [1.82, 2.24) is 5.32 Å². The number of ether oxygens (including phenoxy) is 1. The molecule has 0 radical (unpaired) electrons. The van der Waals surface area contributed by atoms with Crippen molar-refractivity contribution >= 4 is 5.91 Å². The molecule has 16 heavy (non-hydrogen) atoms. The molecule has 0 saturated carbocycles. The fourth-order valence-electron chi connectivity index (χ4n) is 1.75. The molecule has 1 aromatic carbocycles. The van der Waals surface area contributed by atoms with Gasteiger partial charge in [0, 0.05) is 13.2 Å². The van der Waals surface area contributed by atoms with E-state index < -0.39 is 5.82 Å². The smallest absolute Gasteiger partial charge is 0.254 e. The molecular weight excluding hydrogens is 209 g/mol. The highest BCUT2D eigenvalue weighted by atomic mass is 19.1. The first-order valence-electron chi connectivity index (χ1n) is 5.41. The molecule has 1 saturated heterocycles. The van der Waals surface area contributed by atoms with Gasteiger partial charge in [0.25, 0.3) is 5.91 Å². The molecule has 0 spiro atoms. The van der Waals surface area contributed by atoms with E-state index in [1.54, 1.807) is 12.1 Å². The van der Waals surface area contributed by atoms with Crippen LogP contribution in [0.3, 0.4) is 0 Å². The van der Waals surface area contributed by atoms with Crippen molar-refractivity contribution in [3.8, 4) is 0 Å². The van der Waals surface area contributed by atoms with Crippen LogP contribution in [0.15, 0.2) is 24.3 Å². The van der Waals surface area contributed by atoms with Crippen LogP contribution in [0, 0.1) is 5.82 Å². The molecular formula is C12H14FNO2. The fraction of sp³-hybridized carbons (Fsp3) is 0.417. The second kappa shape index (κ2) is 5.07. The Balaban J connectivity index is 1.90. The summed E-state index contributed by atoms with van der Waals surface area (Å²) in [6.07, 6.45) is 2.06. The van der Waals surface area contributed by atoms with Crippen molar-refractivity contribution in [2.45, 2.75) is 18.9 Å². The zero-order chi connectivity index (χ0) is 11.4. The Bertz CT molecular complexity index is 375. The van der Waals surface area contributed by atoms with Gasteiger partial charge >= 0.3 is 0 Å². The average molecular weight is 223 g/mol. The van der Waals surface area contributed by atoms with E-state index in [1.165, 1.54) is 12.1 Å². The van der Waals surface area contributed by atoms with E-state index in [4.69, 9.17) is 4.74 Å². The van der Waals surface area contributed by atoms with Crippen LogP contribution in [0.5, 0.6) is 0 Å². The van der Waals surface area contributed by atoms with Gasteiger partial charge in [-0.25, -0.2) is 4.39 Å². The lowest BCUT2D eigenvalue weighted by Crippen LogP contribution is -2.32. The number of halogens is 1. The minimum atomic E-state index is -0.493. The molecule has 1 aliphatic rings. The predicted octanol–water partition coefficient (Wildman–Crippen LogP) is 1.73. The third-order valence-corrected chi connectivity index (χ3v) is 2.63. The summed E-state index contributed by atoms with van der Waals surface area (Å²) in [4.78, 5) is 11.6. The minimum Gasteiger partial charge on any atom is -0.376 e. The third-order valence-electron chi connectivity index (χ3n) is 2.63. The average Bonchev–Trinajstić information content (AvgIpc) is 2.79. The third kappa shape index (κ3) is 2.58. The van der Waals surface area contributed by atoms with Gasteiger partial charge in [0.05, 0.1) is 11.7 Å². The monoisotopic (exact) mass is 223 g/mol. The van der Waals surface area contributed by atoms with Crippen LogP contribution in [0.2, 0.25) is 0 Å². The zero-order valence-corrected chi connectivity index (χ0v) is 8.91. The molecule has 1 atom stereocenters. The van der Waals surface area contributed by atoms with E-state index in [0.717, 1.165) is 19.4 Å². The van der Waals surface area contributed by atoms with Gasteiger partial charge in [-0.15, -0.1) is 0 Å². The van der Waals surface area contributed by atoms with Crippen LogP contribution >= 0.6 is 0 Å². The highest BCUT2D eigenvalue weighted by Gasteiger charge is 2.17. The van der Waals surface area contributed by atoms with E-state index in [0.29, 0.717) is 6.54 Å². The van der Waals surface area contributed by atoms with Crippen LogP contribution in [-0.4, -0.2) is 25.2 Å². The highest BCUT2D eigenvalue weighted by molar-refractivity contribution is 5.94. The summed E-state index contributed by atoms with van der Waals surface area (Å²) in [6.45, 7) is 1.20. The van der Waals surface area contributed by atoms with Crippen LogP contribution in [0.1, 0.15) is 23.2 Å². The highest BCUT2D eigenvalue weighted by Crippen LogP contribution is 2.11. The first-order chi connectivity index (χ1) is 7.77. The molecule has 1 fully saturated rings. The van der Waals surface area contributed by atoms with E-state index in [1.807, 2.05) is 0 Å². The van der Waals surface area contributed by atoms with Gasteiger partial charge in [-0.05, 0) is 25.0 Å². The maximum atomic E-state index is 13.2. The van der Waals surface area contributed by atoms with Gasteiger partial charge in [0.2, 0.25) is 0 Å². The Labute approximate surface area is 93.6 Å². The molecule has 2 rings (SSSR count). The van der Waals surface area contributed by atoms with E-state index in [9.17, 15) is 9.18 Å². The summed E-state index contributed by atoms with van der Waals surface area (Å²) < 4.78 is 18.6. The second-order valence-corrected chi connectivity index (χ2v) is 3.82. The molecule has 1 N–H and O–H groups in total. The summed E-state index contributed by atoms with van der Waals surface area (Å²) in [5, 5.41) is 2.68. The summed E-state index contributed by atoms with van der Waals surface area (Å²) in [6, 6.07) is 5.96. The van der Waals surface area contributed by atoms with Crippen LogP contribution in [-0.2, 0) is 4.74 Å². The molecule has 0 aliphatic carbocycles. The lowest BCUT2D eigenvalue weighted by Gasteiger charge is -2.10. The Morgan fingerprint density at radius 3 is 3.00 bits per heavy atom. The van der Waals surface area contributed by atoms with Gasteiger partial charge in [-0.2, -0.15) is 0 Å². The van der Waals surface area contributed by atoms with Crippen molar-refractivity contribution < 1.29 is 13.9 Å². The van der Waals surface area contributed by atoms with E-state index in [-0.39, 0.29) is 17.6 Å². The van der Waals surface area contributed by atoms with Gasteiger partial charge in [-0.1, -0.05) is 12.1 Å². The normalized spacial score (nSPS) is 19.7. The molecule has 1 unspecified atom stereocenters. The Morgan fingerprint density at radius 2 is 2.31 bits per heavy atom. The lowest BCUT2D eigenvalue weighted by atomic mass is 10.2. The zero-order valence-electron chi connectivity index (χ0n) is 8.91. The predicted molar refractivity (Wildman–Crippen MR) is 57.7 cm³/mol. The Morgan fingerprint density at radius 1 is 1.50 bits per heavy atom. The molecule has 1 aliphatic heterocycles. The van der Waals surface area contributed by atoms with Crippen molar-refractivity contribution in [1.29, 1.82) is 0 Å². The van der Waals surface area contributed by atoms with E-state index >= 15 is 0 Å². The molecule has 3 nitrogen and oxygen atoms in total. The SMILES string of the molecule is O=C(NCC1CCCO1)c1ccccc1F. The van der Waals surface area contributed by atoms with Crippen molar-refractivity contribution in [2.24, 2.45) is 0 Å². The van der Waals surface area contributed by atoms with Crippen molar-refractivity contribution in [2.75, 3.05) is 13.2 Å². The maximum absolute atomic E-state index is 13.2. The molecule has 1 amide bonds. The first kappa shape index (κ1) is 11.1. The minimum absolute atomic E-state index is 0.0794. The number of nitrogens with one attached hydrogen (secondary N) is 1. The van der Waals surface area contributed by atoms with Crippen molar-refractivity contribution in [3.05, 3.63) is 35.6 Å². The second-order valence-electron chi connectivity index (χ2n) is 3.82. The molecule has 86 valence electrons. The van der Waals surface area contributed by atoms with Crippen molar-refractivity contribution in [3.63, 3.8) is 0 Å². The number of carbonyl (C=O) groups excluding carboxylic acids is 1. The summed E-state index contributed by atoms with van der Waals surface area (Å²) in [5.41, 5.74) is 0.0838. The molecule has 0 bridgehead atoms. The Hall–Kier alpha value is -1.42. The molecule has 0 aromatic heterocycles. The first-order valence-corrected chi connectivity index (χ1v) is 5.41.